The molecule has 0 saturated heterocycles. The van der Waals surface area contributed by atoms with E-state index in [1.54, 1.807) is 17.1 Å². The summed E-state index contributed by atoms with van der Waals surface area (Å²) < 4.78 is 1.58. The number of rotatable bonds is 3. The predicted octanol–water partition coefficient (Wildman–Crippen LogP) is 2.02. The minimum Gasteiger partial charge on any atom is -0.368 e. The molecule has 2 heterocycles. The largest absolute Gasteiger partial charge is 0.368 e. The van der Waals surface area contributed by atoms with Gasteiger partial charge in [0, 0.05) is 18.4 Å². The zero-order valence-electron chi connectivity index (χ0n) is 12.5. The third kappa shape index (κ3) is 2.96. The summed E-state index contributed by atoms with van der Waals surface area (Å²) in [6.45, 7) is 4.56. The molecule has 1 aliphatic rings. The first-order valence-electron chi connectivity index (χ1n) is 7.33. The smallest absolute Gasteiger partial charge is 0.257 e. The van der Waals surface area contributed by atoms with Gasteiger partial charge in [0.25, 0.3) is 5.95 Å². The first-order valence-corrected chi connectivity index (χ1v) is 7.33. The summed E-state index contributed by atoms with van der Waals surface area (Å²) in [5.74, 6) is 1.16. The lowest BCUT2D eigenvalue weighted by Gasteiger charge is -2.39. The van der Waals surface area contributed by atoms with Crippen molar-refractivity contribution >= 4 is 11.9 Å². The van der Waals surface area contributed by atoms with Crippen molar-refractivity contribution in [2.45, 2.75) is 45.6 Å². The highest BCUT2D eigenvalue weighted by atomic mass is 15.4. The van der Waals surface area contributed by atoms with Gasteiger partial charge in [-0.05, 0) is 24.3 Å². The number of nitrogens with one attached hydrogen (secondary N) is 1. The van der Waals surface area contributed by atoms with Crippen LogP contribution in [-0.2, 0) is 0 Å². The number of nitrogens with two attached hydrogens (primary N) is 1. The van der Waals surface area contributed by atoms with Crippen LogP contribution in [0.3, 0.4) is 0 Å². The van der Waals surface area contributed by atoms with Gasteiger partial charge in [0.1, 0.15) is 0 Å². The first-order chi connectivity index (χ1) is 10.0. The highest BCUT2D eigenvalue weighted by Crippen LogP contribution is 2.36. The Morgan fingerprint density at radius 2 is 2.14 bits per heavy atom. The summed E-state index contributed by atoms with van der Waals surface area (Å²) in [6, 6.07) is 2.16. The third-order valence-corrected chi connectivity index (χ3v) is 4.16. The van der Waals surface area contributed by atoms with Crippen molar-refractivity contribution in [2.75, 3.05) is 11.1 Å². The maximum absolute atomic E-state index is 5.79. The Bertz CT molecular complexity index is 606. The van der Waals surface area contributed by atoms with Crippen molar-refractivity contribution in [1.82, 2.24) is 24.7 Å². The number of aromatic nitrogens is 5. The van der Waals surface area contributed by atoms with Crippen LogP contribution in [0.25, 0.3) is 5.95 Å². The lowest BCUT2D eigenvalue weighted by molar-refractivity contribution is 0.216. The van der Waals surface area contributed by atoms with E-state index in [2.05, 4.69) is 39.2 Å². The van der Waals surface area contributed by atoms with Crippen LogP contribution in [0.2, 0.25) is 0 Å². The summed E-state index contributed by atoms with van der Waals surface area (Å²) in [5, 5.41) is 7.56. The normalized spacial score (nSPS) is 21.1. The Morgan fingerprint density at radius 3 is 2.86 bits per heavy atom. The molecule has 7 nitrogen and oxygen atoms in total. The SMILES string of the molecule is CC1(C)CCCCC1Nc1nc(N)nc(-n2cccn2)n1. The third-order valence-electron chi connectivity index (χ3n) is 4.16. The fourth-order valence-electron chi connectivity index (χ4n) is 2.85. The van der Waals surface area contributed by atoms with E-state index in [4.69, 9.17) is 5.73 Å². The fourth-order valence-corrected chi connectivity index (χ4v) is 2.85. The molecular weight excluding hydrogens is 266 g/mol. The van der Waals surface area contributed by atoms with Crippen LogP contribution in [-0.4, -0.2) is 30.8 Å². The molecule has 0 aromatic carbocycles. The second kappa shape index (κ2) is 5.31. The molecule has 0 radical (unpaired) electrons. The van der Waals surface area contributed by atoms with Crippen molar-refractivity contribution in [3.8, 4) is 5.95 Å². The van der Waals surface area contributed by atoms with Crippen molar-refractivity contribution in [1.29, 1.82) is 0 Å². The van der Waals surface area contributed by atoms with Crippen LogP contribution in [0.4, 0.5) is 11.9 Å². The summed E-state index contributed by atoms with van der Waals surface area (Å²) in [4.78, 5) is 12.8. The number of nitrogens with zero attached hydrogens (tertiary/aromatic N) is 5. The molecule has 1 aliphatic carbocycles. The predicted molar refractivity (Wildman–Crippen MR) is 81.0 cm³/mol. The zero-order valence-corrected chi connectivity index (χ0v) is 12.5. The Kier molecular flexibility index (Phi) is 3.48. The van der Waals surface area contributed by atoms with Gasteiger partial charge in [0.2, 0.25) is 11.9 Å². The summed E-state index contributed by atoms with van der Waals surface area (Å²) in [6.07, 6.45) is 8.30. The molecule has 1 saturated carbocycles. The molecule has 1 fully saturated rings. The molecule has 21 heavy (non-hydrogen) atoms. The number of hydrogen-bond donors (Lipinski definition) is 2. The van der Waals surface area contributed by atoms with E-state index in [1.807, 2.05) is 6.07 Å². The lowest BCUT2D eigenvalue weighted by Crippen LogP contribution is -2.39. The highest BCUT2D eigenvalue weighted by molar-refractivity contribution is 5.36. The van der Waals surface area contributed by atoms with Crippen molar-refractivity contribution in [3.63, 3.8) is 0 Å². The minimum atomic E-state index is 0.201. The molecule has 112 valence electrons. The molecule has 3 rings (SSSR count). The minimum absolute atomic E-state index is 0.201. The first kappa shape index (κ1) is 13.8. The van der Waals surface area contributed by atoms with Crippen LogP contribution in [0.15, 0.2) is 18.5 Å². The maximum atomic E-state index is 5.79. The van der Waals surface area contributed by atoms with E-state index in [0.29, 0.717) is 17.9 Å². The summed E-state index contributed by atoms with van der Waals surface area (Å²) in [5.41, 5.74) is 6.02. The molecule has 1 unspecified atom stereocenters. The average molecular weight is 287 g/mol. The van der Waals surface area contributed by atoms with E-state index in [9.17, 15) is 0 Å². The van der Waals surface area contributed by atoms with Crippen LogP contribution in [0.5, 0.6) is 0 Å². The molecule has 0 amide bonds. The fraction of sp³-hybridized carbons (Fsp3) is 0.571. The van der Waals surface area contributed by atoms with Gasteiger partial charge in [-0.3, -0.25) is 0 Å². The van der Waals surface area contributed by atoms with E-state index in [0.717, 1.165) is 6.42 Å². The van der Waals surface area contributed by atoms with Crippen molar-refractivity contribution in [2.24, 2.45) is 5.41 Å². The molecular formula is C14H21N7. The molecule has 0 bridgehead atoms. The van der Waals surface area contributed by atoms with Gasteiger partial charge < -0.3 is 11.1 Å². The van der Waals surface area contributed by atoms with Crippen LogP contribution >= 0.6 is 0 Å². The molecule has 0 spiro atoms. The monoisotopic (exact) mass is 287 g/mol. The number of nitrogen functional groups attached to an aromatic ring is 1. The Morgan fingerprint density at radius 1 is 1.29 bits per heavy atom. The van der Waals surface area contributed by atoms with Gasteiger partial charge >= 0.3 is 0 Å². The Balaban J connectivity index is 1.85. The van der Waals surface area contributed by atoms with Gasteiger partial charge in [-0.15, -0.1) is 0 Å². The molecule has 1 atom stereocenters. The van der Waals surface area contributed by atoms with Gasteiger partial charge in [-0.1, -0.05) is 26.7 Å². The zero-order chi connectivity index (χ0) is 14.9. The van der Waals surface area contributed by atoms with E-state index < -0.39 is 0 Å². The van der Waals surface area contributed by atoms with Crippen molar-refractivity contribution in [3.05, 3.63) is 18.5 Å². The summed E-state index contributed by atoms with van der Waals surface area (Å²) in [7, 11) is 0. The maximum Gasteiger partial charge on any atom is 0.257 e. The molecule has 2 aromatic heterocycles. The molecule has 3 N–H and O–H groups in total. The van der Waals surface area contributed by atoms with Gasteiger partial charge in [-0.2, -0.15) is 20.1 Å². The Labute approximate surface area is 124 Å². The second-order valence-corrected chi connectivity index (χ2v) is 6.20. The van der Waals surface area contributed by atoms with Gasteiger partial charge in [-0.25, -0.2) is 4.68 Å². The number of hydrogen-bond acceptors (Lipinski definition) is 6. The lowest BCUT2D eigenvalue weighted by atomic mass is 9.73. The standard InChI is InChI=1S/C14H21N7/c1-14(2)7-4-3-6-10(14)17-12-18-11(15)19-13(20-12)21-9-5-8-16-21/h5,8-10H,3-4,6-7H2,1-2H3,(H3,15,17,18,19,20). The summed E-state index contributed by atoms with van der Waals surface area (Å²) >= 11 is 0. The van der Waals surface area contributed by atoms with E-state index >= 15 is 0 Å². The number of anilines is 2. The van der Waals surface area contributed by atoms with Gasteiger partial charge in [0.15, 0.2) is 0 Å². The molecule has 7 heteroatoms. The molecule has 2 aromatic rings. The molecule has 0 aliphatic heterocycles. The van der Waals surface area contributed by atoms with Crippen LogP contribution in [0.1, 0.15) is 39.5 Å². The van der Waals surface area contributed by atoms with Gasteiger partial charge in [0.05, 0.1) is 0 Å². The van der Waals surface area contributed by atoms with Crippen LogP contribution in [0, 0.1) is 5.41 Å². The van der Waals surface area contributed by atoms with E-state index in [-0.39, 0.29) is 11.4 Å². The highest BCUT2D eigenvalue weighted by Gasteiger charge is 2.32. The van der Waals surface area contributed by atoms with Crippen LogP contribution < -0.4 is 11.1 Å². The van der Waals surface area contributed by atoms with Crippen molar-refractivity contribution < 1.29 is 0 Å². The quantitative estimate of drug-likeness (QED) is 0.896. The second-order valence-electron chi connectivity index (χ2n) is 6.20. The van der Waals surface area contributed by atoms with E-state index in [1.165, 1.54) is 19.3 Å². The Hall–Kier alpha value is -2.18. The topological polar surface area (TPSA) is 94.5 Å². The average Bonchev–Trinajstić information content (AvgIpc) is 2.94.